The lowest BCUT2D eigenvalue weighted by atomic mass is 10.4. The molecule has 1 rings (SSSR count). The third-order valence-corrected chi connectivity index (χ3v) is 2.00. The largest absolute Gasteiger partial charge is 0.381 e. The van der Waals surface area contributed by atoms with E-state index in [-0.39, 0.29) is 11.0 Å². The minimum atomic E-state index is 0.264. The second-order valence-electron chi connectivity index (χ2n) is 1.73. The number of rotatable bonds is 0. The molecule has 2 N–H and O–H groups in total. The number of nitrogens with zero attached hydrogens (tertiary/aromatic N) is 2. The van der Waals surface area contributed by atoms with Crippen molar-refractivity contribution in [1.82, 2.24) is 9.97 Å². The maximum Gasteiger partial charge on any atom is 0.159 e. The van der Waals surface area contributed by atoms with Crippen molar-refractivity contribution in [3.8, 4) is 11.2 Å². The Morgan fingerprint density at radius 2 is 2.21 bits per heavy atom. The smallest absolute Gasteiger partial charge is 0.159 e. The molecule has 0 aromatic carbocycles. The minimum Gasteiger partial charge on any atom is -0.381 e. The summed E-state index contributed by atoms with van der Waals surface area (Å²) in [6.45, 7) is 4.00. The molecule has 0 radical (unpaired) electrons. The van der Waals surface area contributed by atoms with Crippen molar-refractivity contribution in [2.45, 2.75) is 13.8 Å². The summed E-state index contributed by atoms with van der Waals surface area (Å²) < 4.78 is 0. The van der Waals surface area contributed by atoms with E-state index in [1.54, 1.807) is 0 Å². The Balaban J connectivity index is 0.000000791. The van der Waals surface area contributed by atoms with Gasteiger partial charge in [-0.1, -0.05) is 25.4 Å². The van der Waals surface area contributed by atoms with Gasteiger partial charge < -0.3 is 5.73 Å². The zero-order valence-corrected chi connectivity index (χ0v) is 11.4. The highest BCUT2D eigenvalue weighted by Gasteiger charge is 1.98. The summed E-state index contributed by atoms with van der Waals surface area (Å²) in [5.41, 5.74) is 5.95. The molecule has 0 aliphatic rings. The first kappa shape index (κ1) is 13.8. The van der Waals surface area contributed by atoms with Crippen molar-refractivity contribution in [1.29, 1.82) is 0 Å². The molecule has 0 saturated heterocycles. The van der Waals surface area contributed by atoms with Crippen LogP contribution in [-0.2, 0) is 0 Å². The molecule has 76 valence electrons. The zero-order valence-electron chi connectivity index (χ0n) is 7.71. The molecule has 1 heterocycles. The molecule has 0 aliphatic carbocycles. The molecule has 3 nitrogen and oxygen atoms in total. The van der Waals surface area contributed by atoms with Gasteiger partial charge in [0, 0.05) is 21.2 Å². The van der Waals surface area contributed by atoms with Gasteiger partial charge in [-0.05, 0) is 20.1 Å². The van der Waals surface area contributed by atoms with Gasteiger partial charge in [0.15, 0.2) is 11.5 Å². The van der Waals surface area contributed by atoms with Crippen LogP contribution in [0.15, 0.2) is 6.20 Å². The zero-order chi connectivity index (χ0) is 11.0. The van der Waals surface area contributed by atoms with Crippen molar-refractivity contribution < 1.29 is 0 Å². The van der Waals surface area contributed by atoms with Gasteiger partial charge in [0.1, 0.15) is 5.15 Å². The topological polar surface area (TPSA) is 51.8 Å². The standard InChI is InChI=1S/C6H3ClIN3S.C2H6/c7-5-3-10-4(1-2-12-8)6(9)11-5;1-2/h3H,(H2,9,11);1-2H3. The molecular formula is C8H9ClIN3S. The van der Waals surface area contributed by atoms with Crippen molar-refractivity contribution >= 4 is 47.6 Å². The Bertz CT molecular complexity index is 348. The van der Waals surface area contributed by atoms with Gasteiger partial charge in [-0.3, -0.25) is 0 Å². The predicted molar refractivity (Wildman–Crippen MR) is 71.3 cm³/mol. The fourth-order valence-corrected chi connectivity index (χ4v) is 1.15. The van der Waals surface area contributed by atoms with E-state index in [0.717, 1.165) is 0 Å². The first-order valence-electron chi connectivity index (χ1n) is 3.80. The summed E-state index contributed by atoms with van der Waals surface area (Å²) in [5.74, 6) is 3.00. The molecule has 0 aliphatic heterocycles. The van der Waals surface area contributed by atoms with Gasteiger partial charge in [0.05, 0.1) is 6.20 Å². The third-order valence-electron chi connectivity index (χ3n) is 0.978. The van der Waals surface area contributed by atoms with E-state index < -0.39 is 0 Å². The second kappa shape index (κ2) is 8.15. The van der Waals surface area contributed by atoms with Gasteiger partial charge in [-0.2, -0.15) is 0 Å². The Labute approximate surface area is 105 Å². The van der Waals surface area contributed by atoms with Crippen LogP contribution >= 0.6 is 41.7 Å². The van der Waals surface area contributed by atoms with Gasteiger partial charge in [-0.25, -0.2) is 9.97 Å². The molecule has 0 saturated carbocycles. The highest BCUT2D eigenvalue weighted by Crippen LogP contribution is 2.11. The Hall–Kier alpha value is -0.190. The molecule has 0 unspecified atom stereocenters. The summed E-state index contributed by atoms with van der Waals surface area (Å²) in [7, 11) is 1.36. The molecule has 0 amide bonds. The fourth-order valence-electron chi connectivity index (χ4n) is 0.545. The average molecular weight is 342 g/mol. The number of nitrogen functional groups attached to an aromatic ring is 1. The third kappa shape index (κ3) is 4.88. The van der Waals surface area contributed by atoms with E-state index in [1.165, 1.54) is 15.1 Å². The van der Waals surface area contributed by atoms with E-state index in [4.69, 9.17) is 17.3 Å². The van der Waals surface area contributed by atoms with Crippen LogP contribution in [0.25, 0.3) is 0 Å². The number of nitrogens with two attached hydrogens (primary N) is 1. The van der Waals surface area contributed by atoms with Gasteiger partial charge in [0.25, 0.3) is 0 Å². The number of hydrogen-bond acceptors (Lipinski definition) is 4. The van der Waals surface area contributed by atoms with Crippen LogP contribution in [0, 0.1) is 11.2 Å². The van der Waals surface area contributed by atoms with Crippen molar-refractivity contribution in [3.63, 3.8) is 0 Å². The molecule has 0 spiro atoms. The molecule has 0 bridgehead atoms. The second-order valence-corrected chi connectivity index (χ2v) is 3.80. The Kier molecular flexibility index (Phi) is 8.04. The van der Waals surface area contributed by atoms with Crippen LogP contribution < -0.4 is 5.73 Å². The molecule has 0 atom stereocenters. The van der Waals surface area contributed by atoms with E-state index in [1.807, 2.05) is 13.8 Å². The summed E-state index contributed by atoms with van der Waals surface area (Å²) in [4.78, 5) is 7.70. The van der Waals surface area contributed by atoms with Crippen LogP contribution in [0.5, 0.6) is 0 Å². The van der Waals surface area contributed by atoms with Crippen molar-refractivity contribution in [3.05, 3.63) is 17.0 Å². The summed E-state index contributed by atoms with van der Waals surface area (Å²) in [6.07, 6.45) is 1.42. The SMILES string of the molecule is CC.Nc1nc(Cl)cnc1C#CSI. The van der Waals surface area contributed by atoms with Crippen LogP contribution in [0.3, 0.4) is 0 Å². The highest BCUT2D eigenvalue weighted by atomic mass is 127. The Morgan fingerprint density at radius 3 is 2.71 bits per heavy atom. The van der Waals surface area contributed by atoms with E-state index in [0.29, 0.717) is 5.69 Å². The summed E-state index contributed by atoms with van der Waals surface area (Å²) in [5, 5.41) is 3.03. The van der Waals surface area contributed by atoms with Gasteiger partial charge in [-0.15, -0.1) is 0 Å². The normalized spacial score (nSPS) is 8.00. The van der Waals surface area contributed by atoms with Crippen LogP contribution in [-0.4, -0.2) is 9.97 Å². The molecule has 1 aromatic rings. The van der Waals surface area contributed by atoms with E-state index in [9.17, 15) is 0 Å². The van der Waals surface area contributed by atoms with Gasteiger partial charge >= 0.3 is 0 Å². The van der Waals surface area contributed by atoms with Crippen molar-refractivity contribution in [2.24, 2.45) is 0 Å². The number of aromatic nitrogens is 2. The van der Waals surface area contributed by atoms with Crippen LogP contribution in [0.4, 0.5) is 5.82 Å². The maximum atomic E-state index is 5.54. The molecule has 1 aromatic heterocycles. The first-order chi connectivity index (χ1) is 6.74. The monoisotopic (exact) mass is 341 g/mol. The highest BCUT2D eigenvalue weighted by molar-refractivity contribution is 14.2. The number of halogens is 2. The van der Waals surface area contributed by atoms with Crippen LogP contribution in [0.2, 0.25) is 5.15 Å². The Morgan fingerprint density at radius 1 is 1.57 bits per heavy atom. The first-order valence-corrected chi connectivity index (χ1v) is 7.54. The lowest BCUT2D eigenvalue weighted by Crippen LogP contribution is -1.97. The van der Waals surface area contributed by atoms with E-state index in [2.05, 4.69) is 42.3 Å². The molecular weight excluding hydrogens is 333 g/mol. The molecule has 14 heavy (non-hydrogen) atoms. The number of hydrogen-bond donors (Lipinski definition) is 1. The maximum absolute atomic E-state index is 5.54. The lowest BCUT2D eigenvalue weighted by molar-refractivity contribution is 1.19. The van der Waals surface area contributed by atoms with Crippen LogP contribution in [0.1, 0.15) is 19.5 Å². The number of anilines is 1. The minimum absolute atomic E-state index is 0.264. The quantitative estimate of drug-likeness (QED) is 0.582. The van der Waals surface area contributed by atoms with Gasteiger partial charge in [0.2, 0.25) is 0 Å². The summed E-state index contributed by atoms with van der Waals surface area (Å²) in [6, 6.07) is 0. The molecule has 6 heteroatoms. The lowest BCUT2D eigenvalue weighted by Gasteiger charge is -1.94. The average Bonchev–Trinajstić information content (AvgIpc) is 2.20. The fraction of sp³-hybridized carbons (Fsp3) is 0.250. The van der Waals surface area contributed by atoms with E-state index >= 15 is 0 Å². The summed E-state index contributed by atoms with van der Waals surface area (Å²) >= 11 is 7.60. The van der Waals surface area contributed by atoms with Crippen molar-refractivity contribution in [2.75, 3.05) is 5.73 Å². The predicted octanol–water partition coefficient (Wildman–Crippen LogP) is 3.13. The molecule has 0 fully saturated rings.